The maximum atomic E-state index is 13.7. The highest BCUT2D eigenvalue weighted by Gasteiger charge is 2.27. The summed E-state index contributed by atoms with van der Waals surface area (Å²) in [7, 11) is 1.62. The van der Waals surface area contributed by atoms with Gasteiger partial charge >= 0.3 is 0 Å². The molecule has 158 valence electrons. The molecule has 0 fully saturated rings. The highest BCUT2D eigenvalue weighted by atomic mass is 16.5. The van der Waals surface area contributed by atoms with Crippen molar-refractivity contribution in [2.24, 2.45) is 0 Å². The van der Waals surface area contributed by atoms with Gasteiger partial charge in [0, 0.05) is 41.4 Å². The van der Waals surface area contributed by atoms with E-state index in [9.17, 15) is 4.79 Å². The first-order valence-electron chi connectivity index (χ1n) is 10.4. The molecule has 0 saturated carbocycles. The number of hydrogen-bond acceptors (Lipinski definition) is 5. The first-order chi connectivity index (χ1) is 14.9. The molecule has 3 aromatic heterocycles. The molecule has 0 bridgehead atoms. The molecule has 6 nitrogen and oxygen atoms in total. The Labute approximate surface area is 181 Å². The van der Waals surface area contributed by atoms with Gasteiger partial charge in [0.15, 0.2) is 0 Å². The molecule has 31 heavy (non-hydrogen) atoms. The summed E-state index contributed by atoms with van der Waals surface area (Å²) in [5, 5.41) is 2.61. The Bertz CT molecular complexity index is 1260. The Morgan fingerprint density at radius 1 is 0.968 bits per heavy atom. The van der Waals surface area contributed by atoms with E-state index in [1.807, 2.05) is 62.9 Å². The van der Waals surface area contributed by atoms with Gasteiger partial charge in [-0.3, -0.25) is 14.8 Å². The van der Waals surface area contributed by atoms with Crippen molar-refractivity contribution in [3.05, 3.63) is 60.7 Å². The fourth-order valence-corrected chi connectivity index (χ4v) is 4.18. The Morgan fingerprint density at radius 3 is 2.42 bits per heavy atom. The van der Waals surface area contributed by atoms with Gasteiger partial charge in [0.1, 0.15) is 11.4 Å². The van der Waals surface area contributed by atoms with Crippen LogP contribution in [0, 0.1) is 0 Å². The second kappa shape index (κ2) is 8.30. The summed E-state index contributed by atoms with van der Waals surface area (Å²) in [6, 6.07) is 11.7. The van der Waals surface area contributed by atoms with Crippen LogP contribution in [0.2, 0.25) is 0 Å². The Hall–Kier alpha value is -3.54. The number of para-hydroxylation sites is 1. The number of pyridine rings is 3. The van der Waals surface area contributed by atoms with Crippen LogP contribution in [0.5, 0.6) is 5.75 Å². The van der Waals surface area contributed by atoms with Crippen LogP contribution in [0.3, 0.4) is 0 Å². The van der Waals surface area contributed by atoms with Gasteiger partial charge < -0.3 is 9.64 Å². The molecule has 4 aromatic rings. The van der Waals surface area contributed by atoms with E-state index in [0.717, 1.165) is 21.9 Å². The van der Waals surface area contributed by atoms with Crippen molar-refractivity contribution in [2.75, 3.05) is 7.11 Å². The van der Waals surface area contributed by atoms with Crippen LogP contribution < -0.4 is 4.74 Å². The standard InChI is InChI=1S/C25H26N4O2/c1-15(2)29(16(3)4)25(30)24-22-18(10-13-27-24)17-8-6-7-9-20(17)28-23(22)19-14-26-12-11-21(19)31-5/h6-16H,1-5H3. The monoisotopic (exact) mass is 414 g/mol. The lowest BCUT2D eigenvalue weighted by Crippen LogP contribution is -2.42. The third-order valence-corrected chi connectivity index (χ3v) is 5.42. The Morgan fingerprint density at radius 2 is 1.71 bits per heavy atom. The van der Waals surface area contributed by atoms with E-state index in [1.165, 1.54) is 0 Å². The molecule has 6 heteroatoms. The number of nitrogens with zero attached hydrogens (tertiary/aromatic N) is 4. The van der Waals surface area contributed by atoms with Gasteiger partial charge in [-0.1, -0.05) is 18.2 Å². The van der Waals surface area contributed by atoms with E-state index >= 15 is 0 Å². The van der Waals surface area contributed by atoms with E-state index in [-0.39, 0.29) is 18.0 Å². The van der Waals surface area contributed by atoms with E-state index < -0.39 is 0 Å². The second-order valence-electron chi connectivity index (χ2n) is 8.04. The number of carbonyl (C=O) groups is 1. The Kier molecular flexibility index (Phi) is 5.55. The summed E-state index contributed by atoms with van der Waals surface area (Å²) in [5.41, 5.74) is 2.59. The zero-order valence-electron chi connectivity index (χ0n) is 18.5. The maximum Gasteiger partial charge on any atom is 0.273 e. The van der Waals surface area contributed by atoms with Crippen molar-refractivity contribution < 1.29 is 9.53 Å². The van der Waals surface area contributed by atoms with Crippen molar-refractivity contribution in [1.82, 2.24) is 19.9 Å². The first-order valence-corrected chi connectivity index (χ1v) is 10.4. The molecule has 0 aliphatic heterocycles. The fourth-order valence-electron chi connectivity index (χ4n) is 4.18. The van der Waals surface area contributed by atoms with Crippen LogP contribution in [0.1, 0.15) is 38.2 Å². The molecular formula is C25H26N4O2. The molecule has 1 aromatic carbocycles. The summed E-state index contributed by atoms with van der Waals surface area (Å²) >= 11 is 0. The number of fused-ring (bicyclic) bond motifs is 3. The molecule has 0 N–H and O–H groups in total. The van der Waals surface area contributed by atoms with E-state index in [4.69, 9.17) is 9.72 Å². The smallest absolute Gasteiger partial charge is 0.273 e. The van der Waals surface area contributed by atoms with E-state index in [0.29, 0.717) is 22.5 Å². The zero-order valence-corrected chi connectivity index (χ0v) is 18.5. The molecule has 0 aliphatic carbocycles. The van der Waals surface area contributed by atoms with Gasteiger partial charge in [0.2, 0.25) is 0 Å². The molecule has 1 amide bonds. The van der Waals surface area contributed by atoms with Gasteiger partial charge in [-0.25, -0.2) is 4.98 Å². The lowest BCUT2D eigenvalue weighted by atomic mass is 9.98. The van der Waals surface area contributed by atoms with Crippen LogP contribution in [0.15, 0.2) is 55.0 Å². The topological polar surface area (TPSA) is 68.2 Å². The number of aromatic nitrogens is 3. The molecule has 4 rings (SSSR count). The van der Waals surface area contributed by atoms with E-state index in [2.05, 4.69) is 9.97 Å². The first kappa shape index (κ1) is 20.7. The molecular weight excluding hydrogens is 388 g/mol. The van der Waals surface area contributed by atoms with Crippen molar-refractivity contribution in [3.8, 4) is 17.0 Å². The predicted octanol–water partition coefficient (Wildman–Crippen LogP) is 5.11. The lowest BCUT2D eigenvalue weighted by molar-refractivity contribution is 0.0640. The van der Waals surface area contributed by atoms with Crippen LogP contribution in [0.4, 0.5) is 0 Å². The number of hydrogen-bond donors (Lipinski definition) is 0. The third kappa shape index (κ3) is 3.58. The average Bonchev–Trinajstić information content (AvgIpc) is 2.77. The summed E-state index contributed by atoms with van der Waals surface area (Å²) in [4.78, 5) is 29.3. The average molecular weight is 415 g/mol. The molecule has 0 radical (unpaired) electrons. The third-order valence-electron chi connectivity index (χ3n) is 5.42. The largest absolute Gasteiger partial charge is 0.496 e. The van der Waals surface area contributed by atoms with Gasteiger partial charge in [0.05, 0.1) is 23.9 Å². The van der Waals surface area contributed by atoms with Gasteiger partial charge in [0.25, 0.3) is 5.91 Å². The number of benzene rings is 1. The SMILES string of the molecule is COc1ccncc1-c1nc2ccccc2c2ccnc(C(=O)N(C(C)C)C(C)C)c12. The molecule has 3 heterocycles. The van der Waals surface area contributed by atoms with Crippen LogP contribution in [-0.4, -0.2) is 45.0 Å². The minimum absolute atomic E-state index is 0.0364. The van der Waals surface area contributed by atoms with Crippen molar-refractivity contribution in [2.45, 2.75) is 39.8 Å². The van der Waals surface area contributed by atoms with E-state index in [1.54, 1.807) is 31.8 Å². The van der Waals surface area contributed by atoms with Crippen molar-refractivity contribution in [1.29, 1.82) is 0 Å². The number of methoxy groups -OCH3 is 1. The lowest BCUT2D eigenvalue weighted by Gasteiger charge is -2.31. The highest BCUT2D eigenvalue weighted by Crippen LogP contribution is 2.37. The Balaban J connectivity index is 2.12. The summed E-state index contributed by atoms with van der Waals surface area (Å²) in [5.74, 6) is 0.530. The van der Waals surface area contributed by atoms with Crippen LogP contribution >= 0.6 is 0 Å². The number of rotatable bonds is 5. The molecule has 0 unspecified atom stereocenters. The van der Waals surface area contributed by atoms with Crippen LogP contribution in [0.25, 0.3) is 32.9 Å². The minimum Gasteiger partial charge on any atom is -0.496 e. The number of ether oxygens (including phenoxy) is 1. The maximum absolute atomic E-state index is 13.7. The van der Waals surface area contributed by atoms with Crippen molar-refractivity contribution >= 4 is 27.6 Å². The number of amides is 1. The summed E-state index contributed by atoms with van der Waals surface area (Å²) in [6.45, 7) is 8.06. The second-order valence-corrected chi connectivity index (χ2v) is 8.04. The highest BCUT2D eigenvalue weighted by molar-refractivity contribution is 6.18. The molecule has 0 atom stereocenters. The van der Waals surface area contributed by atoms with Gasteiger partial charge in [-0.2, -0.15) is 0 Å². The molecule has 0 aliphatic rings. The van der Waals surface area contributed by atoms with Gasteiger partial charge in [-0.15, -0.1) is 0 Å². The van der Waals surface area contributed by atoms with Gasteiger partial charge in [-0.05, 0) is 51.3 Å². The normalized spacial score (nSPS) is 11.5. The summed E-state index contributed by atoms with van der Waals surface area (Å²) in [6.07, 6.45) is 5.10. The molecule has 0 saturated heterocycles. The summed E-state index contributed by atoms with van der Waals surface area (Å²) < 4.78 is 5.59. The fraction of sp³-hybridized carbons (Fsp3) is 0.280. The molecule has 0 spiro atoms. The number of carbonyl (C=O) groups excluding carboxylic acids is 1. The van der Waals surface area contributed by atoms with Crippen LogP contribution in [-0.2, 0) is 0 Å². The zero-order chi connectivity index (χ0) is 22.1. The predicted molar refractivity (Wildman–Crippen MR) is 123 cm³/mol. The van der Waals surface area contributed by atoms with Crippen molar-refractivity contribution in [3.63, 3.8) is 0 Å². The quantitative estimate of drug-likeness (QED) is 0.424. The minimum atomic E-state index is -0.114.